The number of allylic oxidation sites excluding steroid dienone is 1. The molecule has 0 radical (unpaired) electrons. The van der Waals surface area contributed by atoms with Crippen molar-refractivity contribution in [3.8, 4) is 5.75 Å². The van der Waals surface area contributed by atoms with Crippen molar-refractivity contribution >= 4 is 0 Å². The molecule has 0 saturated heterocycles. The van der Waals surface area contributed by atoms with Crippen molar-refractivity contribution in [2.24, 2.45) is 5.73 Å². The lowest BCUT2D eigenvalue weighted by Gasteiger charge is -2.22. The lowest BCUT2D eigenvalue weighted by molar-refractivity contribution is -0.139. The Kier molecular flexibility index (Phi) is 4.93. The second-order valence-corrected chi connectivity index (χ2v) is 5.53. The van der Waals surface area contributed by atoms with E-state index in [0.29, 0.717) is 12.0 Å². The average Bonchev–Trinajstić information content (AvgIpc) is 2.40. The summed E-state index contributed by atoms with van der Waals surface area (Å²) < 4.78 is 45.1. The van der Waals surface area contributed by atoms with E-state index in [1.54, 1.807) is 13.0 Å². The molecule has 1 aromatic carbocycles. The lowest BCUT2D eigenvalue weighted by atomic mass is 10.0. The summed E-state index contributed by atoms with van der Waals surface area (Å²) in [4.78, 5) is 0. The Labute approximate surface area is 122 Å². The van der Waals surface area contributed by atoms with E-state index in [1.807, 2.05) is 12.2 Å². The highest BCUT2D eigenvalue weighted by atomic mass is 19.4. The Morgan fingerprint density at radius 2 is 2.14 bits per heavy atom. The van der Waals surface area contributed by atoms with Crippen LogP contribution in [0.2, 0.25) is 0 Å². The Balaban J connectivity index is 2.26. The fourth-order valence-corrected chi connectivity index (χ4v) is 2.44. The molecule has 2 unspecified atom stereocenters. The summed E-state index contributed by atoms with van der Waals surface area (Å²) in [7, 11) is 0. The van der Waals surface area contributed by atoms with Crippen molar-refractivity contribution in [2.75, 3.05) is 0 Å². The van der Waals surface area contributed by atoms with Gasteiger partial charge in [-0.3, -0.25) is 0 Å². The van der Waals surface area contributed by atoms with Gasteiger partial charge in [0.25, 0.3) is 0 Å². The first kappa shape index (κ1) is 15.9. The van der Waals surface area contributed by atoms with Crippen molar-refractivity contribution in [1.29, 1.82) is 0 Å². The van der Waals surface area contributed by atoms with E-state index in [9.17, 15) is 13.2 Å². The van der Waals surface area contributed by atoms with Crippen molar-refractivity contribution < 1.29 is 17.9 Å². The third kappa shape index (κ3) is 4.49. The van der Waals surface area contributed by atoms with Crippen LogP contribution in [0.3, 0.4) is 0 Å². The molecule has 2 nitrogen and oxygen atoms in total. The molecular weight excluding hydrogens is 279 g/mol. The molecule has 2 N–H and O–H groups in total. The maximum Gasteiger partial charge on any atom is 0.419 e. The fraction of sp³-hybridized carbons (Fsp3) is 0.500. The first-order valence-electron chi connectivity index (χ1n) is 7.15. The zero-order valence-corrected chi connectivity index (χ0v) is 12.0. The van der Waals surface area contributed by atoms with E-state index in [4.69, 9.17) is 10.5 Å². The number of hydrogen-bond acceptors (Lipinski definition) is 2. The average molecular weight is 299 g/mol. The summed E-state index contributed by atoms with van der Waals surface area (Å²) in [5.74, 6) is -0.104. The number of nitrogens with two attached hydrogens (primary N) is 1. The van der Waals surface area contributed by atoms with Crippen LogP contribution in [-0.4, -0.2) is 12.1 Å². The Hall–Kier alpha value is -1.49. The molecule has 0 heterocycles. The van der Waals surface area contributed by atoms with E-state index in [-0.39, 0.29) is 17.9 Å². The molecule has 2 atom stereocenters. The van der Waals surface area contributed by atoms with Crippen molar-refractivity contribution in [2.45, 2.75) is 50.9 Å². The minimum absolute atomic E-state index is 0.104. The quantitative estimate of drug-likeness (QED) is 0.850. The number of halogens is 3. The standard InChI is InChI=1S/C16H20F3NO/c1-11(20)9-12-7-8-15(14(10-12)16(17,18)19)21-13-5-3-2-4-6-13/h3,5,7-8,10-11,13H,2,4,6,9,20H2,1H3. The summed E-state index contributed by atoms with van der Waals surface area (Å²) in [5.41, 5.74) is 5.50. The lowest BCUT2D eigenvalue weighted by Crippen LogP contribution is -2.20. The highest BCUT2D eigenvalue weighted by molar-refractivity contribution is 5.40. The van der Waals surface area contributed by atoms with Crippen molar-refractivity contribution in [3.63, 3.8) is 0 Å². The predicted octanol–water partition coefficient (Wildman–Crippen LogP) is 4.08. The number of benzene rings is 1. The molecule has 2 rings (SSSR count). The van der Waals surface area contributed by atoms with Crippen LogP contribution >= 0.6 is 0 Å². The number of ether oxygens (including phenoxy) is 1. The van der Waals surface area contributed by atoms with Crippen LogP contribution in [0.15, 0.2) is 30.4 Å². The monoisotopic (exact) mass is 299 g/mol. The molecule has 0 amide bonds. The van der Waals surface area contributed by atoms with Gasteiger partial charge in [0.1, 0.15) is 11.9 Å². The Morgan fingerprint density at radius 1 is 1.38 bits per heavy atom. The maximum absolute atomic E-state index is 13.2. The molecule has 0 saturated carbocycles. The van der Waals surface area contributed by atoms with Gasteiger partial charge >= 0.3 is 6.18 Å². The third-order valence-corrected chi connectivity index (χ3v) is 3.40. The predicted molar refractivity (Wildman–Crippen MR) is 76.2 cm³/mol. The van der Waals surface area contributed by atoms with Gasteiger partial charge in [0.15, 0.2) is 0 Å². The first-order valence-corrected chi connectivity index (χ1v) is 7.15. The summed E-state index contributed by atoms with van der Waals surface area (Å²) in [6, 6.07) is 4.02. The van der Waals surface area contributed by atoms with E-state index >= 15 is 0 Å². The highest BCUT2D eigenvalue weighted by Crippen LogP contribution is 2.38. The summed E-state index contributed by atoms with van der Waals surface area (Å²) in [5, 5.41) is 0. The van der Waals surface area contributed by atoms with Crippen LogP contribution in [0.4, 0.5) is 13.2 Å². The van der Waals surface area contributed by atoms with Gasteiger partial charge in [-0.1, -0.05) is 12.1 Å². The topological polar surface area (TPSA) is 35.2 Å². The number of hydrogen-bond donors (Lipinski definition) is 1. The zero-order valence-electron chi connectivity index (χ0n) is 12.0. The second-order valence-electron chi connectivity index (χ2n) is 5.53. The highest BCUT2D eigenvalue weighted by Gasteiger charge is 2.35. The van der Waals surface area contributed by atoms with E-state index in [2.05, 4.69) is 0 Å². The molecule has 116 valence electrons. The van der Waals surface area contributed by atoms with Crippen LogP contribution < -0.4 is 10.5 Å². The SMILES string of the molecule is CC(N)Cc1ccc(OC2C=CCCC2)c(C(F)(F)F)c1. The van der Waals surface area contributed by atoms with Crippen LogP contribution in [0.25, 0.3) is 0 Å². The molecule has 0 bridgehead atoms. The van der Waals surface area contributed by atoms with Gasteiger partial charge in [-0.15, -0.1) is 0 Å². The second kappa shape index (κ2) is 6.52. The molecular formula is C16H20F3NO. The van der Waals surface area contributed by atoms with Crippen LogP contribution in [0.1, 0.15) is 37.3 Å². The smallest absolute Gasteiger partial charge is 0.419 e. The molecule has 0 fully saturated rings. The van der Waals surface area contributed by atoms with Gasteiger partial charge in [-0.25, -0.2) is 0 Å². The fourth-order valence-electron chi connectivity index (χ4n) is 2.44. The Morgan fingerprint density at radius 3 is 2.71 bits per heavy atom. The van der Waals surface area contributed by atoms with Gasteiger partial charge in [0, 0.05) is 6.04 Å². The summed E-state index contributed by atoms with van der Waals surface area (Å²) in [6.45, 7) is 1.77. The normalized spacial score (nSPS) is 20.3. The van der Waals surface area contributed by atoms with Crippen LogP contribution in [0.5, 0.6) is 5.75 Å². The van der Waals surface area contributed by atoms with Crippen molar-refractivity contribution in [1.82, 2.24) is 0 Å². The van der Waals surface area contributed by atoms with Crippen LogP contribution in [0, 0.1) is 0 Å². The van der Waals surface area contributed by atoms with Gasteiger partial charge in [0.05, 0.1) is 5.56 Å². The van der Waals surface area contributed by atoms with Crippen LogP contribution in [-0.2, 0) is 12.6 Å². The minimum Gasteiger partial charge on any atom is -0.486 e. The van der Waals surface area contributed by atoms with Crippen molar-refractivity contribution in [3.05, 3.63) is 41.5 Å². The van der Waals surface area contributed by atoms with Gasteiger partial charge in [-0.2, -0.15) is 13.2 Å². The summed E-state index contributed by atoms with van der Waals surface area (Å²) in [6.07, 6.45) is 2.12. The molecule has 0 spiro atoms. The molecule has 0 aromatic heterocycles. The first-order chi connectivity index (χ1) is 9.86. The molecule has 21 heavy (non-hydrogen) atoms. The number of rotatable bonds is 4. The zero-order chi connectivity index (χ0) is 15.5. The summed E-state index contributed by atoms with van der Waals surface area (Å²) >= 11 is 0. The van der Waals surface area contributed by atoms with Gasteiger partial charge in [-0.05, 0) is 56.4 Å². The Bertz CT molecular complexity index is 509. The number of alkyl halides is 3. The molecule has 1 aliphatic rings. The van der Waals surface area contributed by atoms with E-state index in [0.717, 1.165) is 25.3 Å². The minimum atomic E-state index is -4.43. The molecule has 1 aliphatic carbocycles. The van der Waals surface area contributed by atoms with E-state index < -0.39 is 11.7 Å². The molecule has 0 aliphatic heterocycles. The van der Waals surface area contributed by atoms with E-state index in [1.165, 1.54) is 6.07 Å². The third-order valence-electron chi connectivity index (χ3n) is 3.40. The van der Waals surface area contributed by atoms with Gasteiger partial charge < -0.3 is 10.5 Å². The maximum atomic E-state index is 13.2. The van der Waals surface area contributed by atoms with Gasteiger partial charge in [0.2, 0.25) is 0 Å². The molecule has 1 aromatic rings. The molecule has 5 heteroatoms. The largest absolute Gasteiger partial charge is 0.486 e.